The highest BCUT2D eigenvalue weighted by Crippen LogP contribution is 2.28. The molecule has 1 aromatic carbocycles. The zero-order valence-electron chi connectivity index (χ0n) is 16.5. The summed E-state index contributed by atoms with van der Waals surface area (Å²) in [5, 5.41) is 11.3. The molecular formula is C20H27N3O2S2. The van der Waals surface area contributed by atoms with E-state index in [1.807, 2.05) is 31.2 Å². The quantitative estimate of drug-likeness (QED) is 0.370. The molecule has 0 aliphatic carbocycles. The van der Waals surface area contributed by atoms with Crippen molar-refractivity contribution in [1.82, 2.24) is 10.2 Å². The third kappa shape index (κ3) is 7.81. The number of Topliss-reactive ketones (excluding diaryl/α,β-unsaturated/α-hetero) is 1. The lowest BCUT2D eigenvalue weighted by Crippen LogP contribution is -2.18. The lowest BCUT2D eigenvalue weighted by atomic mass is 9.84. The van der Waals surface area contributed by atoms with E-state index in [2.05, 4.69) is 43.2 Å². The van der Waals surface area contributed by atoms with Gasteiger partial charge in [-0.05, 0) is 24.7 Å². The fourth-order valence-corrected chi connectivity index (χ4v) is 4.54. The summed E-state index contributed by atoms with van der Waals surface area (Å²) in [5.74, 6) is 0.611. The van der Waals surface area contributed by atoms with E-state index < -0.39 is 0 Å². The van der Waals surface area contributed by atoms with Gasteiger partial charge in [0.2, 0.25) is 11.0 Å². The van der Waals surface area contributed by atoms with E-state index in [1.54, 1.807) is 0 Å². The number of nitrogens with one attached hydrogen (secondary N) is 1. The van der Waals surface area contributed by atoms with E-state index in [0.717, 1.165) is 12.0 Å². The predicted octanol–water partition coefficient (Wildman–Crippen LogP) is 5.22. The lowest BCUT2D eigenvalue weighted by Gasteiger charge is -2.22. The number of amides is 1. The van der Waals surface area contributed by atoms with Crippen LogP contribution in [0.2, 0.25) is 0 Å². The highest BCUT2D eigenvalue weighted by Gasteiger charge is 2.18. The minimum atomic E-state index is -0.0461. The first-order chi connectivity index (χ1) is 12.6. The molecule has 0 saturated heterocycles. The van der Waals surface area contributed by atoms with Crippen LogP contribution in [-0.4, -0.2) is 27.6 Å². The molecule has 27 heavy (non-hydrogen) atoms. The van der Waals surface area contributed by atoms with Crippen LogP contribution in [0.4, 0.5) is 5.13 Å². The van der Waals surface area contributed by atoms with E-state index in [-0.39, 0.29) is 17.1 Å². The van der Waals surface area contributed by atoms with E-state index in [0.29, 0.717) is 33.1 Å². The Kier molecular flexibility index (Phi) is 7.56. The molecule has 0 spiro atoms. The first-order valence-corrected chi connectivity index (χ1v) is 10.8. The number of hydrogen-bond donors (Lipinski definition) is 1. The van der Waals surface area contributed by atoms with Crippen LogP contribution in [0.1, 0.15) is 56.5 Å². The number of rotatable bonds is 8. The maximum absolute atomic E-state index is 12.2. The van der Waals surface area contributed by atoms with Crippen LogP contribution < -0.4 is 5.32 Å². The monoisotopic (exact) mass is 405 g/mol. The van der Waals surface area contributed by atoms with Gasteiger partial charge < -0.3 is 5.32 Å². The number of aryl methyl sites for hydroxylation is 1. The van der Waals surface area contributed by atoms with Crippen LogP contribution in [0.3, 0.4) is 0 Å². The van der Waals surface area contributed by atoms with E-state index >= 15 is 0 Å². The zero-order valence-corrected chi connectivity index (χ0v) is 18.2. The van der Waals surface area contributed by atoms with Crippen LogP contribution in [0.5, 0.6) is 0 Å². The van der Waals surface area contributed by atoms with Gasteiger partial charge >= 0.3 is 0 Å². The van der Waals surface area contributed by atoms with Crippen LogP contribution in [0, 0.1) is 18.3 Å². The number of thioether (sulfide) groups is 1. The second-order valence-corrected chi connectivity index (χ2v) is 10.3. The Labute approximate surface area is 169 Å². The number of benzene rings is 1. The topological polar surface area (TPSA) is 72.0 Å². The largest absolute Gasteiger partial charge is 0.300 e. The minimum absolute atomic E-state index is 0.0461. The van der Waals surface area contributed by atoms with Crippen LogP contribution in [0.15, 0.2) is 28.6 Å². The summed E-state index contributed by atoms with van der Waals surface area (Å²) in [6, 6.07) is 7.53. The molecule has 1 unspecified atom stereocenters. The normalized spacial score (nSPS) is 12.6. The van der Waals surface area contributed by atoms with Crippen molar-refractivity contribution in [2.24, 2.45) is 11.3 Å². The Morgan fingerprint density at radius 3 is 2.48 bits per heavy atom. The summed E-state index contributed by atoms with van der Waals surface area (Å²) >= 11 is 2.64. The molecular weight excluding hydrogens is 378 g/mol. The Hall–Kier alpha value is -1.73. The minimum Gasteiger partial charge on any atom is -0.300 e. The molecule has 0 saturated carbocycles. The molecule has 1 atom stereocenters. The van der Waals surface area contributed by atoms with Crippen molar-refractivity contribution in [1.29, 1.82) is 0 Å². The molecule has 0 aliphatic rings. The van der Waals surface area contributed by atoms with Gasteiger partial charge in [0.25, 0.3) is 0 Å². The van der Waals surface area contributed by atoms with Gasteiger partial charge in [-0.1, -0.05) is 80.6 Å². The molecule has 0 aliphatic heterocycles. The van der Waals surface area contributed by atoms with E-state index in [4.69, 9.17) is 0 Å². The molecule has 1 N–H and O–H groups in total. The number of carbonyl (C=O) groups is 2. The zero-order chi connectivity index (χ0) is 20.0. The molecule has 1 amide bonds. The van der Waals surface area contributed by atoms with Crippen molar-refractivity contribution in [2.75, 3.05) is 11.1 Å². The number of ketones is 1. The van der Waals surface area contributed by atoms with Gasteiger partial charge in [-0.25, -0.2) is 0 Å². The Morgan fingerprint density at radius 1 is 1.19 bits per heavy atom. The number of nitrogens with zero attached hydrogens (tertiary/aromatic N) is 2. The summed E-state index contributed by atoms with van der Waals surface area (Å²) in [5.41, 5.74) is 2.02. The van der Waals surface area contributed by atoms with Crippen molar-refractivity contribution in [3.05, 3.63) is 35.4 Å². The smallest absolute Gasteiger partial charge is 0.226 e. The molecule has 0 bridgehead atoms. The van der Waals surface area contributed by atoms with Crippen LogP contribution in [0.25, 0.3) is 0 Å². The van der Waals surface area contributed by atoms with Crippen molar-refractivity contribution < 1.29 is 9.59 Å². The third-order valence-electron chi connectivity index (χ3n) is 3.85. The summed E-state index contributed by atoms with van der Waals surface area (Å²) < 4.78 is 0.675. The fourth-order valence-electron chi connectivity index (χ4n) is 2.87. The number of aromatic nitrogens is 2. The van der Waals surface area contributed by atoms with Gasteiger partial charge in [-0.15, -0.1) is 10.2 Å². The summed E-state index contributed by atoms with van der Waals surface area (Å²) in [4.78, 5) is 24.4. The average molecular weight is 406 g/mol. The first-order valence-electron chi connectivity index (χ1n) is 8.98. The molecule has 1 aromatic heterocycles. The summed E-state index contributed by atoms with van der Waals surface area (Å²) in [7, 11) is 0. The SMILES string of the molecule is Cc1ccc(C(=O)CSc2nnc(NC(=O)CC(C)CC(C)(C)C)s2)cc1. The van der Waals surface area contributed by atoms with Gasteiger partial charge in [-0.2, -0.15) is 0 Å². The van der Waals surface area contributed by atoms with Gasteiger partial charge in [0.05, 0.1) is 5.75 Å². The number of anilines is 1. The molecule has 2 aromatic rings. The molecule has 1 heterocycles. The standard InChI is InChI=1S/C20H27N3O2S2/c1-13-6-8-15(9-7-13)16(24)12-26-19-23-22-18(27-19)21-17(25)10-14(2)11-20(3,4)5/h6-9,14H,10-12H2,1-5H3,(H,21,22,25). The number of hydrogen-bond acceptors (Lipinski definition) is 6. The maximum atomic E-state index is 12.2. The van der Waals surface area contributed by atoms with Crippen molar-refractivity contribution >= 4 is 39.9 Å². The molecule has 0 fully saturated rings. The van der Waals surface area contributed by atoms with Gasteiger partial charge in [0.1, 0.15) is 0 Å². The van der Waals surface area contributed by atoms with Crippen molar-refractivity contribution in [3.8, 4) is 0 Å². The van der Waals surface area contributed by atoms with Crippen LogP contribution >= 0.6 is 23.1 Å². The highest BCUT2D eigenvalue weighted by atomic mass is 32.2. The highest BCUT2D eigenvalue weighted by molar-refractivity contribution is 8.01. The molecule has 0 radical (unpaired) electrons. The van der Waals surface area contributed by atoms with Crippen molar-refractivity contribution in [3.63, 3.8) is 0 Å². The predicted molar refractivity (Wildman–Crippen MR) is 113 cm³/mol. The van der Waals surface area contributed by atoms with E-state index in [1.165, 1.54) is 23.1 Å². The molecule has 146 valence electrons. The lowest BCUT2D eigenvalue weighted by molar-refractivity contribution is -0.117. The molecule has 5 nitrogen and oxygen atoms in total. The Morgan fingerprint density at radius 2 is 1.85 bits per heavy atom. The Bertz CT molecular complexity index is 779. The summed E-state index contributed by atoms with van der Waals surface area (Å²) in [6.45, 7) is 10.6. The summed E-state index contributed by atoms with van der Waals surface area (Å²) in [6.07, 6.45) is 1.45. The van der Waals surface area contributed by atoms with E-state index in [9.17, 15) is 9.59 Å². The molecule has 2 rings (SSSR count). The van der Waals surface area contributed by atoms with Gasteiger partial charge in [0.15, 0.2) is 10.1 Å². The Balaban J connectivity index is 1.81. The van der Waals surface area contributed by atoms with Gasteiger partial charge in [0, 0.05) is 12.0 Å². The number of carbonyl (C=O) groups excluding carboxylic acids is 2. The van der Waals surface area contributed by atoms with Crippen LogP contribution in [-0.2, 0) is 4.79 Å². The molecule has 7 heteroatoms. The second kappa shape index (κ2) is 9.46. The third-order valence-corrected chi connectivity index (χ3v) is 5.82. The average Bonchev–Trinajstić information content (AvgIpc) is 2.98. The first kappa shape index (κ1) is 21.6. The van der Waals surface area contributed by atoms with Gasteiger partial charge in [-0.3, -0.25) is 9.59 Å². The fraction of sp³-hybridized carbons (Fsp3) is 0.500. The maximum Gasteiger partial charge on any atom is 0.226 e. The van der Waals surface area contributed by atoms with Crippen molar-refractivity contribution in [2.45, 2.75) is 51.8 Å². The second-order valence-electron chi connectivity index (χ2n) is 8.07.